The van der Waals surface area contributed by atoms with Crippen LogP contribution in [0.4, 0.5) is 0 Å². The maximum atomic E-state index is 4.73. The summed E-state index contributed by atoms with van der Waals surface area (Å²) < 4.78 is 0. The first-order chi connectivity index (χ1) is 4.70. The number of hydrogen-bond donors (Lipinski definition) is 0. The summed E-state index contributed by atoms with van der Waals surface area (Å²) in [6.45, 7) is 0.838. The molecule has 0 amide bonds. The summed E-state index contributed by atoms with van der Waals surface area (Å²) >= 11 is 0. The third-order valence-electron chi connectivity index (χ3n) is 1.33. The van der Waals surface area contributed by atoms with E-state index in [0.29, 0.717) is 6.10 Å². The van der Waals surface area contributed by atoms with Crippen molar-refractivity contribution in [2.45, 2.75) is 12.5 Å². The van der Waals surface area contributed by atoms with Crippen molar-refractivity contribution in [1.29, 1.82) is 0 Å². The molecular formula is C7H15NO2. The van der Waals surface area contributed by atoms with Crippen LogP contribution in [0.25, 0.3) is 0 Å². The van der Waals surface area contributed by atoms with E-state index in [1.807, 2.05) is 26.0 Å². The van der Waals surface area contributed by atoms with Crippen molar-refractivity contribution in [2.75, 3.05) is 27.7 Å². The maximum absolute atomic E-state index is 4.73. The van der Waals surface area contributed by atoms with Crippen molar-refractivity contribution < 1.29 is 9.78 Å². The highest BCUT2D eigenvalue weighted by Gasteiger charge is 2.44. The summed E-state index contributed by atoms with van der Waals surface area (Å²) in [6.07, 6.45) is 1.73. The lowest BCUT2D eigenvalue weighted by atomic mass is 10.5. The number of rotatable bonds is 0. The molecule has 1 heterocycles. The van der Waals surface area contributed by atoms with Gasteiger partial charge < -0.3 is 4.90 Å². The minimum atomic E-state index is 0.491. The molecule has 3 nitrogen and oxygen atoms in total. The van der Waals surface area contributed by atoms with Crippen LogP contribution in [0.2, 0.25) is 0 Å². The Bertz CT molecular complexity index is 95.0. The van der Waals surface area contributed by atoms with Crippen molar-refractivity contribution in [1.82, 2.24) is 4.90 Å². The topological polar surface area (TPSA) is 21.7 Å². The van der Waals surface area contributed by atoms with Crippen molar-refractivity contribution in [3.63, 3.8) is 0 Å². The average molecular weight is 145 g/mol. The van der Waals surface area contributed by atoms with Crippen LogP contribution in [0.3, 0.4) is 0 Å². The molecular weight excluding hydrogens is 130 g/mol. The fourth-order valence-electron chi connectivity index (χ4n) is 0.727. The van der Waals surface area contributed by atoms with Gasteiger partial charge in [0.05, 0.1) is 12.7 Å². The van der Waals surface area contributed by atoms with Gasteiger partial charge >= 0.3 is 0 Å². The van der Waals surface area contributed by atoms with Gasteiger partial charge in [-0.2, -0.15) is 0 Å². The number of nitrogens with zero attached hydrogens (tertiary/aromatic N) is 1. The van der Waals surface area contributed by atoms with E-state index in [0.717, 1.165) is 12.5 Å². The zero-order chi connectivity index (χ0) is 7.56. The van der Waals surface area contributed by atoms with Gasteiger partial charge in [-0.15, -0.1) is 0 Å². The van der Waals surface area contributed by atoms with Crippen molar-refractivity contribution in [3.05, 3.63) is 0 Å². The lowest BCUT2D eigenvalue weighted by Gasteiger charge is -1.90. The second-order valence-electron chi connectivity index (χ2n) is 3.26. The molecule has 0 spiro atoms. The Labute approximate surface area is 61.8 Å². The van der Waals surface area contributed by atoms with E-state index in [-0.39, 0.29) is 0 Å². The summed E-state index contributed by atoms with van der Waals surface area (Å²) in [6, 6.07) is 0. The van der Waals surface area contributed by atoms with Crippen molar-refractivity contribution in [2.24, 2.45) is 5.92 Å². The first-order valence-electron chi connectivity index (χ1n) is 3.59. The molecule has 0 aromatic rings. The highest BCUT2D eigenvalue weighted by atomic mass is 17.2. The van der Waals surface area contributed by atoms with Crippen LogP contribution in [0.15, 0.2) is 0 Å². The van der Waals surface area contributed by atoms with Gasteiger partial charge in [-0.1, -0.05) is 0 Å². The van der Waals surface area contributed by atoms with Crippen LogP contribution < -0.4 is 0 Å². The summed E-state index contributed by atoms with van der Waals surface area (Å²) in [7, 11) is 6.00. The van der Waals surface area contributed by atoms with Crippen LogP contribution in [0, 0.1) is 5.92 Å². The summed E-state index contributed by atoms with van der Waals surface area (Å²) in [5, 5.41) is 0. The molecule has 2 fully saturated rings. The Balaban J connectivity index is 0.000000112. The van der Waals surface area contributed by atoms with Gasteiger partial charge in [0.1, 0.15) is 0 Å². The Morgan fingerprint density at radius 1 is 1.30 bits per heavy atom. The molecule has 0 N–H and O–H groups in total. The first-order valence-corrected chi connectivity index (χ1v) is 3.59. The second-order valence-corrected chi connectivity index (χ2v) is 3.26. The van der Waals surface area contributed by atoms with Gasteiger partial charge in [-0.3, -0.25) is 0 Å². The quantitative estimate of drug-likeness (QED) is 0.464. The van der Waals surface area contributed by atoms with E-state index in [2.05, 4.69) is 4.89 Å². The molecule has 1 saturated heterocycles. The number of fused-ring (bicyclic) bond motifs is 1. The lowest BCUT2D eigenvalue weighted by Crippen LogP contribution is -1.99. The molecule has 10 heavy (non-hydrogen) atoms. The van der Waals surface area contributed by atoms with Crippen LogP contribution in [-0.4, -0.2) is 38.8 Å². The highest BCUT2D eigenvalue weighted by molar-refractivity contribution is 4.88. The normalized spacial score (nSPS) is 34.8. The van der Waals surface area contributed by atoms with Crippen LogP contribution in [0.5, 0.6) is 0 Å². The van der Waals surface area contributed by atoms with Gasteiger partial charge in [0.15, 0.2) is 0 Å². The zero-order valence-corrected chi connectivity index (χ0v) is 6.83. The van der Waals surface area contributed by atoms with Crippen molar-refractivity contribution >= 4 is 0 Å². The third kappa shape index (κ3) is 2.64. The van der Waals surface area contributed by atoms with Crippen LogP contribution in [-0.2, 0) is 9.78 Å². The van der Waals surface area contributed by atoms with Crippen molar-refractivity contribution in [3.8, 4) is 0 Å². The largest absolute Gasteiger partial charge is 0.312 e. The lowest BCUT2D eigenvalue weighted by molar-refractivity contribution is -0.271. The van der Waals surface area contributed by atoms with E-state index in [1.54, 1.807) is 0 Å². The predicted octanol–water partition coefficient (Wildman–Crippen LogP) is 0.514. The summed E-state index contributed by atoms with van der Waals surface area (Å²) in [5.74, 6) is 0.769. The molecule has 0 aromatic heterocycles. The maximum Gasteiger partial charge on any atom is 0.0986 e. The van der Waals surface area contributed by atoms with Crippen LogP contribution in [0.1, 0.15) is 6.42 Å². The fraction of sp³-hybridized carbons (Fsp3) is 1.00. The molecule has 1 saturated carbocycles. The molecule has 2 aliphatic rings. The van der Waals surface area contributed by atoms with Gasteiger partial charge in [-0.25, -0.2) is 9.78 Å². The Kier molecular flexibility index (Phi) is 2.65. The Morgan fingerprint density at radius 2 is 1.90 bits per heavy atom. The molecule has 1 aliphatic heterocycles. The summed E-state index contributed by atoms with van der Waals surface area (Å²) in [5.41, 5.74) is 0. The monoisotopic (exact) mass is 145 g/mol. The van der Waals surface area contributed by atoms with Gasteiger partial charge in [-0.05, 0) is 27.6 Å². The number of hydrogen-bond acceptors (Lipinski definition) is 3. The minimum absolute atomic E-state index is 0.491. The molecule has 0 aromatic carbocycles. The zero-order valence-electron chi connectivity index (χ0n) is 6.83. The van der Waals surface area contributed by atoms with Crippen LogP contribution >= 0.6 is 0 Å². The molecule has 0 radical (unpaired) electrons. The molecule has 3 heteroatoms. The molecule has 2 atom stereocenters. The first kappa shape index (κ1) is 7.98. The van der Waals surface area contributed by atoms with Gasteiger partial charge in [0, 0.05) is 5.92 Å². The molecule has 60 valence electrons. The minimum Gasteiger partial charge on any atom is -0.312 e. The molecule has 2 rings (SSSR count). The van der Waals surface area contributed by atoms with Gasteiger partial charge in [0.2, 0.25) is 0 Å². The Morgan fingerprint density at radius 3 is 2.00 bits per heavy atom. The predicted molar refractivity (Wildman–Crippen MR) is 38.5 cm³/mol. The Hall–Kier alpha value is -0.120. The molecule has 0 bridgehead atoms. The summed E-state index contributed by atoms with van der Waals surface area (Å²) in [4.78, 5) is 11.3. The van der Waals surface area contributed by atoms with E-state index in [4.69, 9.17) is 4.89 Å². The molecule has 1 aliphatic carbocycles. The highest BCUT2D eigenvalue weighted by Crippen LogP contribution is 2.38. The van der Waals surface area contributed by atoms with Gasteiger partial charge in [0.25, 0.3) is 0 Å². The standard InChI is InChI=1S/C4H6O2.C3H9N/c1-3-2-5-6-4(1)3;1-4(2)3/h3-4H,1-2H2;1-3H3. The average Bonchev–Trinajstić information content (AvgIpc) is 2.40. The van der Waals surface area contributed by atoms with E-state index in [9.17, 15) is 0 Å². The molecule has 2 unspecified atom stereocenters. The van der Waals surface area contributed by atoms with E-state index < -0.39 is 0 Å². The van der Waals surface area contributed by atoms with E-state index in [1.165, 1.54) is 6.42 Å². The fourth-order valence-corrected chi connectivity index (χ4v) is 0.727. The third-order valence-corrected chi connectivity index (χ3v) is 1.33. The second kappa shape index (κ2) is 3.32. The SMILES string of the molecule is C1OOC2CC12.CN(C)C. The van der Waals surface area contributed by atoms with E-state index >= 15 is 0 Å². The smallest absolute Gasteiger partial charge is 0.0986 e.